The third kappa shape index (κ3) is 7.87. The molecular formula is C23H30N8O7S. The summed E-state index contributed by atoms with van der Waals surface area (Å²) in [7, 11) is -3.95. The highest BCUT2D eigenvalue weighted by atomic mass is 32.2. The molecule has 0 aliphatic carbocycles. The number of hydrogen-bond donors (Lipinski definition) is 9. The number of aliphatic hydroxyl groups excluding tert-OH is 1. The first-order valence-electron chi connectivity index (χ1n) is 11.8. The predicted molar refractivity (Wildman–Crippen MR) is 139 cm³/mol. The fourth-order valence-corrected chi connectivity index (χ4v) is 5.53. The van der Waals surface area contributed by atoms with Crippen molar-refractivity contribution in [2.45, 2.75) is 36.1 Å². The summed E-state index contributed by atoms with van der Waals surface area (Å²) < 4.78 is 27.1. The van der Waals surface area contributed by atoms with Gasteiger partial charge in [-0.05, 0) is 43.2 Å². The molecule has 2 atom stereocenters. The molecule has 4 amide bonds. The smallest absolute Gasteiger partial charge is 0.333 e. The predicted octanol–water partition coefficient (Wildman–Crippen LogP) is -1.42. The van der Waals surface area contributed by atoms with E-state index < -0.39 is 52.8 Å². The normalized spacial score (nSPS) is 16.2. The van der Waals surface area contributed by atoms with Gasteiger partial charge in [0.05, 0.1) is 10.9 Å². The van der Waals surface area contributed by atoms with E-state index in [4.69, 9.17) is 11.1 Å². The second kappa shape index (κ2) is 13.0. The van der Waals surface area contributed by atoms with E-state index in [0.717, 1.165) is 4.31 Å². The Balaban J connectivity index is 1.54. The highest BCUT2D eigenvalue weighted by Crippen LogP contribution is 2.26. The van der Waals surface area contributed by atoms with Crippen molar-refractivity contribution in [3.63, 3.8) is 0 Å². The molecule has 3 rings (SSSR count). The third-order valence-corrected chi connectivity index (χ3v) is 7.64. The first-order valence-corrected chi connectivity index (χ1v) is 13.2. The summed E-state index contributed by atoms with van der Waals surface area (Å²) in [6.07, 6.45) is -1.42. The number of urea groups is 1. The summed E-state index contributed by atoms with van der Waals surface area (Å²) in [6.45, 7) is -0.336. The fourth-order valence-electron chi connectivity index (χ4n) is 3.85. The van der Waals surface area contributed by atoms with E-state index in [1.807, 2.05) is 0 Å². The summed E-state index contributed by atoms with van der Waals surface area (Å²) in [5.41, 5.74) is 10.0. The Morgan fingerprint density at radius 3 is 2.46 bits per heavy atom. The zero-order chi connectivity index (χ0) is 28.6. The van der Waals surface area contributed by atoms with Crippen LogP contribution in [0, 0.1) is 5.41 Å². The van der Waals surface area contributed by atoms with Gasteiger partial charge in [0.1, 0.15) is 6.04 Å². The lowest BCUT2D eigenvalue weighted by Gasteiger charge is -2.27. The molecule has 0 radical (unpaired) electrons. The number of carbonyl (C=O) groups is 3. The molecule has 1 heterocycles. The molecule has 2 aromatic carbocycles. The lowest BCUT2D eigenvalue weighted by Crippen LogP contribution is -2.57. The maximum absolute atomic E-state index is 13.0. The molecule has 210 valence electrons. The van der Waals surface area contributed by atoms with Crippen LogP contribution in [0.15, 0.2) is 59.5 Å². The molecule has 2 aromatic rings. The molecule has 0 saturated carbocycles. The number of guanidine groups is 1. The number of carbonyl (C=O) groups excluding carboxylic acids is 3. The van der Waals surface area contributed by atoms with Crippen LogP contribution in [0.25, 0.3) is 0 Å². The largest absolute Gasteiger partial charge is 0.370 e. The number of nitrogens with two attached hydrogens (primary N) is 1. The Morgan fingerprint density at radius 2 is 1.79 bits per heavy atom. The van der Waals surface area contributed by atoms with Crippen LogP contribution in [-0.2, 0) is 14.8 Å². The van der Waals surface area contributed by atoms with Gasteiger partial charge >= 0.3 is 6.03 Å². The Kier molecular flexibility index (Phi) is 9.78. The van der Waals surface area contributed by atoms with Gasteiger partial charge in [0.25, 0.3) is 5.91 Å². The molecule has 16 heteroatoms. The van der Waals surface area contributed by atoms with Crippen LogP contribution in [0.2, 0.25) is 0 Å². The number of nitrogens with one attached hydrogen (secondary N) is 6. The van der Waals surface area contributed by atoms with E-state index in [2.05, 4.69) is 26.8 Å². The average Bonchev–Trinajstić information content (AvgIpc) is 3.41. The summed E-state index contributed by atoms with van der Waals surface area (Å²) in [5.74, 6) is -1.76. The fraction of sp³-hybridized carbons (Fsp3) is 0.304. The Morgan fingerprint density at radius 1 is 1.08 bits per heavy atom. The summed E-state index contributed by atoms with van der Waals surface area (Å²) >= 11 is 0. The van der Waals surface area contributed by atoms with Gasteiger partial charge in [0.2, 0.25) is 15.9 Å². The first-order chi connectivity index (χ1) is 18.5. The maximum Gasteiger partial charge on any atom is 0.333 e. The van der Waals surface area contributed by atoms with Crippen LogP contribution >= 0.6 is 0 Å². The number of sulfonamides is 1. The quantitative estimate of drug-likeness (QED) is 0.0753. The third-order valence-electron chi connectivity index (χ3n) is 5.72. The van der Waals surface area contributed by atoms with Crippen molar-refractivity contribution in [2.24, 2.45) is 5.73 Å². The van der Waals surface area contributed by atoms with Crippen LogP contribution < -0.4 is 32.5 Å². The number of benzene rings is 2. The molecule has 0 bridgehead atoms. The summed E-state index contributed by atoms with van der Waals surface area (Å²) in [4.78, 5) is 37.4. The first kappa shape index (κ1) is 29.3. The van der Waals surface area contributed by atoms with Crippen LogP contribution in [-0.4, -0.2) is 78.2 Å². The van der Waals surface area contributed by atoms with E-state index in [1.165, 1.54) is 30.3 Å². The minimum absolute atomic E-state index is 0.0330. The maximum atomic E-state index is 13.0. The molecule has 15 nitrogen and oxygen atoms in total. The SMILES string of the molecule is N=C(N)Nc1cccc(C(=O)NNC(=O)NC[C@H](NC(=O)[C@@H]2CCCN2S(=O)(=O)c2ccccc2)C(O)O)c1. The van der Waals surface area contributed by atoms with E-state index in [9.17, 15) is 33.0 Å². The molecule has 0 aromatic heterocycles. The monoisotopic (exact) mass is 562 g/mol. The van der Waals surface area contributed by atoms with Gasteiger partial charge in [-0.2, -0.15) is 4.31 Å². The number of anilines is 1. The van der Waals surface area contributed by atoms with Gasteiger partial charge in [-0.25, -0.2) is 18.6 Å². The van der Waals surface area contributed by atoms with Crippen molar-refractivity contribution < 1.29 is 33.0 Å². The Bertz CT molecular complexity index is 1310. The zero-order valence-corrected chi connectivity index (χ0v) is 21.4. The minimum Gasteiger partial charge on any atom is -0.370 e. The summed E-state index contributed by atoms with van der Waals surface area (Å²) in [5, 5.41) is 33.8. The van der Waals surface area contributed by atoms with Crippen molar-refractivity contribution in [1.29, 1.82) is 5.41 Å². The molecular weight excluding hydrogens is 532 g/mol. The second-order valence-corrected chi connectivity index (χ2v) is 10.4. The molecule has 1 fully saturated rings. The number of aliphatic hydroxyl groups is 2. The average molecular weight is 563 g/mol. The minimum atomic E-state index is -3.95. The van der Waals surface area contributed by atoms with Gasteiger partial charge in [0.15, 0.2) is 12.2 Å². The molecule has 1 aliphatic rings. The standard InChI is InChI=1S/C23H30N8O7S/c24-22(25)27-15-7-4-6-14(12-15)19(32)29-30-23(36)26-13-17(21(34)35)28-20(33)18-10-5-11-31(18)39(37,38)16-8-2-1-3-9-16/h1-4,6-9,12,17-18,21,34-35H,5,10-11,13H2,(H,28,33)(H,29,32)(H4,24,25,27)(H2,26,30,36)/t17-,18-/m0/s1. The van der Waals surface area contributed by atoms with Crippen molar-refractivity contribution in [2.75, 3.05) is 18.4 Å². The molecule has 39 heavy (non-hydrogen) atoms. The Hall–Kier alpha value is -4.25. The highest BCUT2D eigenvalue weighted by Gasteiger charge is 2.40. The van der Waals surface area contributed by atoms with Crippen molar-refractivity contribution >= 4 is 39.5 Å². The number of rotatable bonds is 9. The molecule has 0 unspecified atom stereocenters. The molecule has 10 N–H and O–H groups in total. The second-order valence-electron chi connectivity index (χ2n) is 8.52. The van der Waals surface area contributed by atoms with Gasteiger partial charge in [-0.3, -0.25) is 20.4 Å². The molecule has 1 saturated heterocycles. The number of amides is 4. The highest BCUT2D eigenvalue weighted by molar-refractivity contribution is 7.89. The number of nitrogens with zero attached hydrogens (tertiary/aromatic N) is 1. The van der Waals surface area contributed by atoms with Crippen molar-refractivity contribution in [3.8, 4) is 0 Å². The van der Waals surface area contributed by atoms with E-state index in [-0.39, 0.29) is 29.4 Å². The van der Waals surface area contributed by atoms with Gasteiger partial charge in [-0.1, -0.05) is 24.3 Å². The lowest BCUT2D eigenvalue weighted by molar-refractivity contribution is -0.129. The number of hydrazine groups is 1. The van der Waals surface area contributed by atoms with E-state index in [0.29, 0.717) is 12.1 Å². The zero-order valence-electron chi connectivity index (χ0n) is 20.6. The van der Waals surface area contributed by atoms with Crippen LogP contribution in [0.5, 0.6) is 0 Å². The van der Waals surface area contributed by atoms with Crippen molar-refractivity contribution in [1.82, 2.24) is 25.8 Å². The lowest BCUT2D eigenvalue weighted by atomic mass is 10.2. The van der Waals surface area contributed by atoms with Crippen LogP contribution in [0.3, 0.4) is 0 Å². The van der Waals surface area contributed by atoms with Gasteiger partial charge < -0.3 is 31.9 Å². The van der Waals surface area contributed by atoms with Crippen molar-refractivity contribution in [3.05, 3.63) is 60.2 Å². The number of hydrogen-bond acceptors (Lipinski definition) is 8. The topological polar surface area (TPSA) is 239 Å². The van der Waals surface area contributed by atoms with E-state index in [1.54, 1.807) is 24.3 Å². The van der Waals surface area contributed by atoms with Crippen LogP contribution in [0.1, 0.15) is 23.2 Å². The van der Waals surface area contributed by atoms with Gasteiger partial charge in [0, 0.05) is 24.3 Å². The van der Waals surface area contributed by atoms with E-state index >= 15 is 0 Å². The Labute approximate surface area is 224 Å². The van der Waals surface area contributed by atoms with Gasteiger partial charge in [-0.15, -0.1) is 0 Å². The van der Waals surface area contributed by atoms with Crippen LogP contribution in [0.4, 0.5) is 10.5 Å². The molecule has 1 aliphatic heterocycles. The summed E-state index contributed by atoms with van der Waals surface area (Å²) in [6, 6.07) is 10.2. The molecule has 0 spiro atoms.